The molecule has 1 N–H and O–H groups in total. The van der Waals surface area contributed by atoms with E-state index < -0.39 is 11.8 Å². The van der Waals surface area contributed by atoms with Crippen LogP contribution < -0.4 is 0 Å². The van der Waals surface area contributed by atoms with E-state index in [1.54, 1.807) is 0 Å². The van der Waals surface area contributed by atoms with Gasteiger partial charge in [-0.05, 0) is 18.2 Å². The van der Waals surface area contributed by atoms with Crippen LogP contribution in [-0.2, 0) is 5.33 Å². The maximum Gasteiger partial charge on any atom is 0.337 e. The van der Waals surface area contributed by atoms with Gasteiger partial charge in [0.1, 0.15) is 18.0 Å². The van der Waals surface area contributed by atoms with Crippen molar-refractivity contribution in [1.82, 2.24) is 14.8 Å². The van der Waals surface area contributed by atoms with Crippen molar-refractivity contribution in [2.75, 3.05) is 0 Å². The molecule has 0 bridgehead atoms. The van der Waals surface area contributed by atoms with Gasteiger partial charge in [0.2, 0.25) is 0 Å². The lowest BCUT2D eigenvalue weighted by Gasteiger charge is -2.08. The number of carboxylic acid groups (broad SMARTS) is 1. The van der Waals surface area contributed by atoms with Crippen molar-refractivity contribution in [2.45, 2.75) is 5.33 Å². The van der Waals surface area contributed by atoms with Crippen LogP contribution in [0.25, 0.3) is 5.69 Å². The molecule has 0 radical (unpaired) electrons. The Morgan fingerprint density at radius 2 is 2.29 bits per heavy atom. The highest BCUT2D eigenvalue weighted by Gasteiger charge is 2.15. The number of benzene rings is 1. The third-order valence-corrected chi connectivity index (χ3v) is 2.69. The Kier molecular flexibility index (Phi) is 3.19. The molecule has 0 amide bonds. The van der Waals surface area contributed by atoms with Gasteiger partial charge in [-0.25, -0.2) is 9.18 Å². The molecule has 0 unspecified atom stereocenters. The quantitative estimate of drug-likeness (QED) is 0.880. The Balaban J connectivity index is 2.63. The highest BCUT2D eigenvalue weighted by molar-refractivity contribution is 9.08. The number of carbonyl (C=O) groups is 1. The van der Waals surface area contributed by atoms with Crippen LogP contribution in [0, 0.1) is 5.82 Å². The van der Waals surface area contributed by atoms with E-state index in [9.17, 15) is 9.18 Å². The van der Waals surface area contributed by atoms with Gasteiger partial charge in [-0.3, -0.25) is 4.57 Å². The first-order valence-corrected chi connectivity index (χ1v) is 5.73. The van der Waals surface area contributed by atoms with Gasteiger partial charge in [-0.15, -0.1) is 10.2 Å². The fourth-order valence-corrected chi connectivity index (χ4v) is 1.82. The van der Waals surface area contributed by atoms with Gasteiger partial charge in [-0.1, -0.05) is 15.9 Å². The van der Waals surface area contributed by atoms with Gasteiger partial charge in [-0.2, -0.15) is 0 Å². The van der Waals surface area contributed by atoms with E-state index in [1.165, 1.54) is 23.0 Å². The normalized spacial score (nSPS) is 10.5. The molecule has 0 aliphatic carbocycles. The van der Waals surface area contributed by atoms with Crippen LogP contribution >= 0.6 is 15.9 Å². The molecule has 7 heteroatoms. The zero-order valence-corrected chi connectivity index (χ0v) is 10.1. The van der Waals surface area contributed by atoms with E-state index in [4.69, 9.17) is 5.11 Å². The maximum atomic E-state index is 13.0. The summed E-state index contributed by atoms with van der Waals surface area (Å²) in [5, 5.41) is 16.9. The van der Waals surface area contributed by atoms with Gasteiger partial charge in [0.25, 0.3) is 0 Å². The molecule has 2 rings (SSSR count). The summed E-state index contributed by atoms with van der Waals surface area (Å²) >= 11 is 3.22. The third-order valence-electron chi connectivity index (χ3n) is 2.19. The van der Waals surface area contributed by atoms with Gasteiger partial charge < -0.3 is 5.11 Å². The van der Waals surface area contributed by atoms with Crippen molar-refractivity contribution in [3.8, 4) is 5.69 Å². The van der Waals surface area contributed by atoms with Crippen molar-refractivity contribution in [2.24, 2.45) is 0 Å². The molecule has 0 aliphatic rings. The molecular weight excluding hydrogens is 293 g/mol. The number of hydrogen-bond acceptors (Lipinski definition) is 3. The molecule has 5 nitrogen and oxygen atoms in total. The minimum atomic E-state index is -1.20. The van der Waals surface area contributed by atoms with E-state index in [1.807, 2.05) is 0 Å². The number of nitrogens with zero attached hydrogens (tertiary/aromatic N) is 3. The first kappa shape index (κ1) is 11.7. The van der Waals surface area contributed by atoms with Crippen molar-refractivity contribution in [3.63, 3.8) is 0 Å². The molecule has 17 heavy (non-hydrogen) atoms. The number of alkyl halides is 1. The van der Waals surface area contributed by atoms with Gasteiger partial charge >= 0.3 is 5.97 Å². The number of hydrogen-bond donors (Lipinski definition) is 1. The van der Waals surface area contributed by atoms with Crippen LogP contribution in [0.1, 0.15) is 16.2 Å². The Bertz CT molecular complexity index is 570. The van der Waals surface area contributed by atoms with Crippen LogP contribution in [-0.4, -0.2) is 25.8 Å². The topological polar surface area (TPSA) is 68.0 Å². The summed E-state index contributed by atoms with van der Waals surface area (Å²) in [5.74, 6) is -1.26. The van der Waals surface area contributed by atoms with E-state index >= 15 is 0 Å². The van der Waals surface area contributed by atoms with Gasteiger partial charge in [0.15, 0.2) is 0 Å². The SMILES string of the molecule is O=C(O)c1cc(F)ccc1-n1cnnc1CBr. The Morgan fingerprint density at radius 1 is 1.53 bits per heavy atom. The number of halogens is 2. The summed E-state index contributed by atoms with van der Waals surface area (Å²) in [5.41, 5.74) is 0.199. The molecule has 0 spiro atoms. The first-order chi connectivity index (χ1) is 8.13. The molecule has 0 atom stereocenters. The second-order valence-corrected chi connectivity index (χ2v) is 3.78. The lowest BCUT2D eigenvalue weighted by molar-refractivity contribution is 0.0696. The Hall–Kier alpha value is -1.76. The largest absolute Gasteiger partial charge is 0.478 e. The van der Waals surface area contributed by atoms with Crippen LogP contribution in [0.3, 0.4) is 0 Å². The number of aromatic carboxylic acids is 1. The molecule has 0 fully saturated rings. The fourth-order valence-electron chi connectivity index (χ4n) is 1.44. The van der Waals surface area contributed by atoms with Crippen LogP contribution in [0.4, 0.5) is 4.39 Å². The van der Waals surface area contributed by atoms with Crippen LogP contribution in [0.2, 0.25) is 0 Å². The smallest absolute Gasteiger partial charge is 0.337 e. The Morgan fingerprint density at radius 3 is 2.94 bits per heavy atom. The summed E-state index contributed by atoms with van der Waals surface area (Å²) in [6, 6.07) is 3.55. The standard InChI is InChI=1S/C10H7BrFN3O2/c11-4-9-14-13-5-15(9)8-2-1-6(12)3-7(8)10(16)17/h1-3,5H,4H2,(H,16,17). The average molecular weight is 300 g/mol. The fraction of sp³-hybridized carbons (Fsp3) is 0.100. The summed E-state index contributed by atoms with van der Waals surface area (Å²) in [6.45, 7) is 0. The Labute approximate surface area is 104 Å². The molecular formula is C10H7BrFN3O2. The third kappa shape index (κ3) is 2.19. The highest BCUT2D eigenvalue weighted by Crippen LogP contribution is 2.18. The first-order valence-electron chi connectivity index (χ1n) is 4.61. The predicted molar refractivity (Wildman–Crippen MR) is 60.9 cm³/mol. The second kappa shape index (κ2) is 4.62. The summed E-state index contributed by atoms with van der Waals surface area (Å²) in [6.07, 6.45) is 1.39. The summed E-state index contributed by atoms with van der Waals surface area (Å²) < 4.78 is 14.5. The van der Waals surface area contributed by atoms with Crippen molar-refractivity contribution in [1.29, 1.82) is 0 Å². The summed E-state index contributed by atoms with van der Waals surface area (Å²) in [4.78, 5) is 11.0. The number of aromatic nitrogens is 3. The van der Waals surface area contributed by atoms with E-state index in [2.05, 4.69) is 26.1 Å². The van der Waals surface area contributed by atoms with Crippen molar-refractivity contribution in [3.05, 3.63) is 41.7 Å². The molecule has 1 aromatic heterocycles. The summed E-state index contributed by atoms with van der Waals surface area (Å²) in [7, 11) is 0. The van der Waals surface area contributed by atoms with Crippen molar-refractivity contribution < 1.29 is 14.3 Å². The van der Waals surface area contributed by atoms with E-state index in [0.717, 1.165) is 6.07 Å². The molecule has 0 aliphatic heterocycles. The molecule has 1 aromatic carbocycles. The van der Waals surface area contributed by atoms with E-state index in [0.29, 0.717) is 16.8 Å². The van der Waals surface area contributed by atoms with E-state index in [-0.39, 0.29) is 5.56 Å². The van der Waals surface area contributed by atoms with Gasteiger partial charge in [0.05, 0.1) is 16.6 Å². The molecule has 88 valence electrons. The number of rotatable bonds is 3. The van der Waals surface area contributed by atoms with Crippen LogP contribution in [0.15, 0.2) is 24.5 Å². The average Bonchev–Trinajstić information content (AvgIpc) is 2.76. The second-order valence-electron chi connectivity index (χ2n) is 3.22. The maximum absolute atomic E-state index is 13.0. The van der Waals surface area contributed by atoms with Gasteiger partial charge in [0, 0.05) is 0 Å². The lowest BCUT2D eigenvalue weighted by atomic mass is 10.1. The predicted octanol–water partition coefficient (Wildman–Crippen LogP) is 2.00. The van der Waals surface area contributed by atoms with Crippen molar-refractivity contribution >= 4 is 21.9 Å². The lowest BCUT2D eigenvalue weighted by Crippen LogP contribution is -2.07. The minimum Gasteiger partial charge on any atom is -0.478 e. The highest BCUT2D eigenvalue weighted by atomic mass is 79.9. The zero-order chi connectivity index (χ0) is 12.4. The minimum absolute atomic E-state index is 0.132. The monoisotopic (exact) mass is 299 g/mol. The number of carboxylic acids is 1. The zero-order valence-electron chi connectivity index (χ0n) is 8.47. The van der Waals surface area contributed by atoms with Crippen LogP contribution in [0.5, 0.6) is 0 Å². The molecule has 0 saturated carbocycles. The molecule has 2 aromatic rings. The molecule has 0 saturated heterocycles. The molecule has 1 heterocycles.